The summed E-state index contributed by atoms with van der Waals surface area (Å²) in [7, 11) is 0. The molecular weight excluding hydrogens is 381 g/mol. The van der Waals surface area contributed by atoms with Crippen LogP contribution in [-0.2, 0) is 16.0 Å². The molecule has 0 aliphatic carbocycles. The number of piperazine rings is 1. The summed E-state index contributed by atoms with van der Waals surface area (Å²) in [5.74, 6) is 0.697. The number of carbonyl (C=O) groups excluding carboxylic acids is 2. The zero-order valence-corrected chi connectivity index (χ0v) is 17.4. The standard InChI is InChI=1S/C21H29ClFN3O2/c1-15-10-16(2)13-26(12-15)21(28)14-24-6-8-25(9-7-24)20(27)11-17-18(22)4-3-5-19(17)23/h3-5,15-16H,6-14H2,1-2H3. The highest BCUT2D eigenvalue weighted by molar-refractivity contribution is 6.31. The van der Waals surface area contributed by atoms with Crippen molar-refractivity contribution in [2.45, 2.75) is 26.7 Å². The van der Waals surface area contributed by atoms with Gasteiger partial charge in [-0.2, -0.15) is 0 Å². The first kappa shape index (κ1) is 21.1. The number of carbonyl (C=O) groups is 2. The summed E-state index contributed by atoms with van der Waals surface area (Å²) in [4.78, 5) is 31.0. The van der Waals surface area contributed by atoms with Crippen LogP contribution < -0.4 is 0 Å². The molecular formula is C21H29ClFN3O2. The Bertz CT molecular complexity index is 691. The number of nitrogens with zero attached hydrogens (tertiary/aromatic N) is 3. The van der Waals surface area contributed by atoms with Gasteiger partial charge in [0.25, 0.3) is 0 Å². The van der Waals surface area contributed by atoms with Gasteiger partial charge in [0.1, 0.15) is 5.82 Å². The second-order valence-corrected chi connectivity index (χ2v) is 8.69. The average molecular weight is 410 g/mol. The number of piperidine rings is 1. The summed E-state index contributed by atoms with van der Waals surface area (Å²) in [6.07, 6.45) is 1.14. The minimum Gasteiger partial charge on any atom is -0.341 e. The highest BCUT2D eigenvalue weighted by Crippen LogP contribution is 2.22. The Labute approximate surface area is 171 Å². The summed E-state index contributed by atoms with van der Waals surface area (Å²) < 4.78 is 13.9. The second-order valence-electron chi connectivity index (χ2n) is 8.28. The third-order valence-corrected chi connectivity index (χ3v) is 6.05. The third kappa shape index (κ3) is 5.23. The van der Waals surface area contributed by atoms with E-state index in [0.29, 0.717) is 44.6 Å². The predicted octanol–water partition coefficient (Wildman–Crippen LogP) is 2.67. The van der Waals surface area contributed by atoms with Crippen LogP contribution >= 0.6 is 11.6 Å². The molecule has 2 heterocycles. The van der Waals surface area contributed by atoms with E-state index in [4.69, 9.17) is 11.6 Å². The van der Waals surface area contributed by atoms with Gasteiger partial charge >= 0.3 is 0 Å². The Kier molecular flexibility index (Phi) is 6.94. The van der Waals surface area contributed by atoms with Crippen molar-refractivity contribution in [2.24, 2.45) is 11.8 Å². The molecule has 2 unspecified atom stereocenters. The Balaban J connectivity index is 1.47. The molecule has 7 heteroatoms. The Morgan fingerprint density at radius 3 is 2.29 bits per heavy atom. The lowest BCUT2D eigenvalue weighted by Crippen LogP contribution is -2.53. The average Bonchev–Trinajstić information content (AvgIpc) is 2.64. The summed E-state index contributed by atoms with van der Waals surface area (Å²) >= 11 is 6.03. The molecule has 0 bridgehead atoms. The zero-order chi connectivity index (χ0) is 20.3. The topological polar surface area (TPSA) is 43.9 Å². The summed E-state index contributed by atoms with van der Waals surface area (Å²) in [5, 5.41) is 0.280. The highest BCUT2D eigenvalue weighted by Gasteiger charge is 2.28. The maximum Gasteiger partial charge on any atom is 0.236 e. The number of hydrogen-bond acceptors (Lipinski definition) is 3. The molecule has 5 nitrogen and oxygen atoms in total. The Morgan fingerprint density at radius 2 is 1.68 bits per heavy atom. The lowest BCUT2D eigenvalue weighted by molar-refractivity contribution is -0.136. The molecule has 154 valence electrons. The van der Waals surface area contributed by atoms with Crippen LogP contribution in [0.5, 0.6) is 0 Å². The predicted molar refractivity (Wildman–Crippen MR) is 108 cm³/mol. The van der Waals surface area contributed by atoms with E-state index in [0.717, 1.165) is 13.1 Å². The quantitative estimate of drug-likeness (QED) is 0.768. The van der Waals surface area contributed by atoms with Gasteiger partial charge in [-0.25, -0.2) is 4.39 Å². The van der Waals surface area contributed by atoms with Crippen molar-refractivity contribution < 1.29 is 14.0 Å². The molecule has 2 saturated heterocycles. The van der Waals surface area contributed by atoms with Crippen LogP contribution in [0.25, 0.3) is 0 Å². The molecule has 0 radical (unpaired) electrons. The number of hydrogen-bond donors (Lipinski definition) is 0. The fraction of sp³-hybridized carbons (Fsp3) is 0.619. The van der Waals surface area contributed by atoms with Crippen molar-refractivity contribution in [3.8, 4) is 0 Å². The summed E-state index contributed by atoms with van der Waals surface area (Å²) in [6, 6.07) is 4.45. The van der Waals surface area contributed by atoms with Gasteiger partial charge in [-0.05, 0) is 30.4 Å². The van der Waals surface area contributed by atoms with Gasteiger partial charge in [0.2, 0.25) is 11.8 Å². The van der Waals surface area contributed by atoms with Gasteiger partial charge < -0.3 is 9.80 Å². The molecule has 2 amide bonds. The fourth-order valence-corrected chi connectivity index (χ4v) is 4.51. The minimum atomic E-state index is -0.449. The largest absolute Gasteiger partial charge is 0.341 e. The van der Waals surface area contributed by atoms with Crippen LogP contribution in [-0.4, -0.2) is 72.3 Å². The maximum absolute atomic E-state index is 13.9. The fourth-order valence-electron chi connectivity index (χ4n) is 4.28. The number of benzene rings is 1. The van der Waals surface area contributed by atoms with E-state index in [-0.39, 0.29) is 28.8 Å². The van der Waals surface area contributed by atoms with Gasteiger partial charge in [0, 0.05) is 49.9 Å². The molecule has 0 N–H and O–H groups in total. The first-order chi connectivity index (χ1) is 13.3. The molecule has 28 heavy (non-hydrogen) atoms. The van der Waals surface area contributed by atoms with Crippen LogP contribution in [0.2, 0.25) is 5.02 Å². The van der Waals surface area contributed by atoms with Crippen molar-refractivity contribution in [3.05, 3.63) is 34.6 Å². The molecule has 2 aliphatic rings. The van der Waals surface area contributed by atoms with E-state index < -0.39 is 5.82 Å². The molecule has 3 rings (SSSR count). The van der Waals surface area contributed by atoms with E-state index in [9.17, 15) is 14.0 Å². The van der Waals surface area contributed by atoms with Crippen LogP contribution in [0, 0.1) is 17.7 Å². The van der Waals surface area contributed by atoms with Gasteiger partial charge in [0.15, 0.2) is 0 Å². The lowest BCUT2D eigenvalue weighted by Gasteiger charge is -2.38. The van der Waals surface area contributed by atoms with E-state index >= 15 is 0 Å². The van der Waals surface area contributed by atoms with Crippen molar-refractivity contribution in [1.29, 1.82) is 0 Å². The van der Waals surface area contributed by atoms with E-state index in [2.05, 4.69) is 18.7 Å². The van der Waals surface area contributed by atoms with Crippen LogP contribution in [0.3, 0.4) is 0 Å². The zero-order valence-electron chi connectivity index (χ0n) is 16.7. The number of rotatable bonds is 4. The van der Waals surface area contributed by atoms with Crippen molar-refractivity contribution >= 4 is 23.4 Å². The van der Waals surface area contributed by atoms with Crippen LogP contribution in [0.15, 0.2) is 18.2 Å². The molecule has 2 aliphatic heterocycles. The maximum atomic E-state index is 13.9. The van der Waals surface area contributed by atoms with Crippen molar-refractivity contribution in [2.75, 3.05) is 45.8 Å². The SMILES string of the molecule is CC1CC(C)CN(C(=O)CN2CCN(C(=O)Cc3c(F)cccc3Cl)CC2)C1. The Morgan fingerprint density at radius 1 is 1.04 bits per heavy atom. The molecule has 0 saturated carbocycles. The molecule has 1 aromatic rings. The normalized spacial score (nSPS) is 23.7. The summed E-state index contributed by atoms with van der Waals surface area (Å²) in [6.45, 7) is 8.87. The first-order valence-electron chi connectivity index (χ1n) is 10.0. The second kappa shape index (κ2) is 9.23. The molecule has 0 aromatic heterocycles. The molecule has 1 aromatic carbocycles. The smallest absolute Gasteiger partial charge is 0.236 e. The van der Waals surface area contributed by atoms with Gasteiger partial charge in [-0.1, -0.05) is 31.5 Å². The third-order valence-electron chi connectivity index (χ3n) is 5.70. The Hall–Kier alpha value is -1.66. The molecule has 2 fully saturated rings. The monoisotopic (exact) mass is 409 g/mol. The first-order valence-corrected chi connectivity index (χ1v) is 10.4. The number of amides is 2. The minimum absolute atomic E-state index is 0.0337. The van der Waals surface area contributed by atoms with Gasteiger partial charge in [-0.3, -0.25) is 14.5 Å². The lowest BCUT2D eigenvalue weighted by atomic mass is 9.92. The van der Waals surface area contributed by atoms with Crippen LogP contribution in [0.4, 0.5) is 4.39 Å². The van der Waals surface area contributed by atoms with Crippen molar-refractivity contribution in [3.63, 3.8) is 0 Å². The van der Waals surface area contributed by atoms with Crippen molar-refractivity contribution in [1.82, 2.24) is 14.7 Å². The molecule has 2 atom stereocenters. The van der Waals surface area contributed by atoms with Gasteiger partial charge in [0.05, 0.1) is 13.0 Å². The summed E-state index contributed by atoms with van der Waals surface area (Å²) in [5.41, 5.74) is 0.250. The van der Waals surface area contributed by atoms with Gasteiger partial charge in [-0.15, -0.1) is 0 Å². The number of likely N-dealkylation sites (tertiary alicyclic amines) is 1. The van der Waals surface area contributed by atoms with Crippen LogP contribution in [0.1, 0.15) is 25.8 Å². The number of halogens is 2. The highest BCUT2D eigenvalue weighted by atomic mass is 35.5. The van der Waals surface area contributed by atoms with E-state index in [1.165, 1.54) is 18.6 Å². The molecule has 0 spiro atoms. The van der Waals surface area contributed by atoms with E-state index in [1.807, 2.05) is 4.90 Å². The van der Waals surface area contributed by atoms with E-state index in [1.54, 1.807) is 11.0 Å².